The second kappa shape index (κ2) is 18.6. The number of pyridine rings is 1. The summed E-state index contributed by atoms with van der Waals surface area (Å²) >= 11 is 6.27. The minimum Gasteiger partial charge on any atom is -0.473 e. The van der Waals surface area contributed by atoms with E-state index >= 15 is 4.39 Å². The Morgan fingerprint density at radius 3 is 2.47 bits per heavy atom. The van der Waals surface area contributed by atoms with Gasteiger partial charge in [0.15, 0.2) is 0 Å². The molecule has 0 bridgehead atoms. The highest BCUT2D eigenvalue weighted by Gasteiger charge is 2.37. The van der Waals surface area contributed by atoms with Crippen LogP contribution in [-0.2, 0) is 14.8 Å². The average Bonchev–Trinajstić information content (AvgIpc) is 3.72. The minimum atomic E-state index is -4.72. The molecule has 5 aromatic rings. The number of nitrogens with zero attached hydrogens (tertiary/aromatic N) is 5. The number of hydrogen-bond acceptors (Lipinski definition) is 13. The third-order valence-electron chi connectivity index (χ3n) is 13.5. The Kier molecular flexibility index (Phi) is 12.9. The molecule has 68 heavy (non-hydrogen) atoms. The normalized spacial score (nSPS) is 20.9. The largest absolute Gasteiger partial charge is 0.473 e. The van der Waals surface area contributed by atoms with Crippen molar-refractivity contribution in [3.63, 3.8) is 0 Å². The number of piperazine rings is 1. The number of H-pyrrole nitrogens is 1. The number of halogens is 2. The van der Waals surface area contributed by atoms with Gasteiger partial charge in [-0.1, -0.05) is 43.2 Å². The summed E-state index contributed by atoms with van der Waals surface area (Å²) in [6.07, 6.45) is 5.06. The molecule has 16 nitrogen and oxygen atoms in total. The van der Waals surface area contributed by atoms with Gasteiger partial charge in [0.2, 0.25) is 5.88 Å². The van der Waals surface area contributed by atoms with Crippen molar-refractivity contribution in [1.82, 2.24) is 19.6 Å². The molecule has 4 aliphatic rings. The molecule has 3 aliphatic heterocycles. The lowest BCUT2D eigenvalue weighted by Crippen LogP contribution is -2.47. The second-order valence-electron chi connectivity index (χ2n) is 19.5. The van der Waals surface area contributed by atoms with Gasteiger partial charge in [-0.25, -0.2) is 17.5 Å². The quantitative estimate of drug-likeness (QED) is 0.0690. The molecule has 0 spiro atoms. The van der Waals surface area contributed by atoms with Crippen molar-refractivity contribution in [2.45, 2.75) is 69.0 Å². The van der Waals surface area contributed by atoms with Gasteiger partial charge in [0.05, 0.1) is 27.6 Å². The molecule has 4 N–H and O–H groups in total. The predicted molar refractivity (Wildman–Crippen MR) is 260 cm³/mol. The van der Waals surface area contributed by atoms with Gasteiger partial charge in [-0.2, -0.15) is 4.98 Å². The molecule has 9 rings (SSSR count). The number of rotatable bonds is 12. The summed E-state index contributed by atoms with van der Waals surface area (Å²) in [7, 11) is -4.72. The maximum absolute atomic E-state index is 15.4. The van der Waals surface area contributed by atoms with Crippen molar-refractivity contribution in [1.29, 1.82) is 0 Å². The van der Waals surface area contributed by atoms with E-state index in [9.17, 15) is 28.4 Å². The summed E-state index contributed by atoms with van der Waals surface area (Å²) in [5.41, 5.74) is 2.45. The van der Waals surface area contributed by atoms with E-state index in [1.54, 1.807) is 30.2 Å². The summed E-state index contributed by atoms with van der Waals surface area (Å²) in [4.78, 5) is 39.6. The topological polar surface area (TPSA) is 195 Å². The first-order valence-corrected chi connectivity index (χ1v) is 24.8. The second-order valence-corrected chi connectivity index (χ2v) is 21.6. The number of ether oxygens (including phenoxy) is 2. The molecular weight excluding hydrogens is 915 g/mol. The summed E-state index contributed by atoms with van der Waals surface area (Å²) < 4.78 is 56.8. The van der Waals surface area contributed by atoms with Crippen molar-refractivity contribution in [3.8, 4) is 5.88 Å². The Morgan fingerprint density at radius 1 is 0.985 bits per heavy atom. The van der Waals surface area contributed by atoms with E-state index in [0.29, 0.717) is 29.4 Å². The van der Waals surface area contributed by atoms with Gasteiger partial charge >= 0.3 is 0 Å². The monoisotopic (exact) mass is 970 g/mol. The van der Waals surface area contributed by atoms with Gasteiger partial charge in [-0.15, -0.1) is 0 Å². The highest BCUT2D eigenvalue weighted by atomic mass is 35.5. The van der Waals surface area contributed by atoms with Crippen molar-refractivity contribution in [3.05, 3.63) is 111 Å². The summed E-state index contributed by atoms with van der Waals surface area (Å²) in [5, 5.41) is 28.1. The van der Waals surface area contributed by atoms with Crippen molar-refractivity contribution < 1.29 is 37.1 Å². The Morgan fingerprint density at radius 2 is 1.74 bits per heavy atom. The first-order valence-electron chi connectivity index (χ1n) is 22.9. The van der Waals surface area contributed by atoms with Gasteiger partial charge in [0, 0.05) is 93.7 Å². The SMILES string of the molecule is CC1(C)CCC(CN2CCN(c3ccc(C(=O)NS(=O)(=O)c4ccc(NCC5(F)CCOCC5)c([N+](=O)[O-])c4)c(N4CC(C)(O)COc5nc6[nH]ccc6cc54)c3)CC2)=C(c2ccc(Cl)cc2)C1. The molecule has 5 heterocycles. The van der Waals surface area contributed by atoms with E-state index in [-0.39, 0.29) is 74.0 Å². The molecule has 2 fully saturated rings. The predicted octanol–water partition coefficient (Wildman–Crippen LogP) is 8.24. The van der Waals surface area contributed by atoms with Crippen molar-refractivity contribution >= 4 is 72.6 Å². The number of β-amino-alcohol motifs (C(OH)–C–C–N with tert-alkyl or cyclic N) is 1. The number of anilines is 4. The van der Waals surface area contributed by atoms with E-state index < -0.39 is 42.7 Å². The molecule has 0 radical (unpaired) electrons. The smallest absolute Gasteiger partial charge is 0.293 e. The van der Waals surface area contributed by atoms with Gasteiger partial charge in [-0.05, 0) is 97.3 Å². The number of alkyl halides is 1. The third-order valence-corrected chi connectivity index (χ3v) is 15.1. The summed E-state index contributed by atoms with van der Waals surface area (Å²) in [5.74, 6) is -0.812. The molecule has 1 atom stereocenters. The first kappa shape index (κ1) is 47.3. The number of nitrogens with one attached hydrogen (secondary N) is 3. The Balaban J connectivity index is 1.01. The number of hydrogen-bond donors (Lipinski definition) is 4. The van der Waals surface area contributed by atoms with E-state index in [1.807, 2.05) is 30.3 Å². The third kappa shape index (κ3) is 10.3. The van der Waals surface area contributed by atoms with Crippen LogP contribution in [0.1, 0.15) is 68.8 Å². The zero-order valence-corrected chi connectivity index (χ0v) is 39.9. The van der Waals surface area contributed by atoms with Crippen molar-refractivity contribution in [2.24, 2.45) is 5.41 Å². The molecule has 0 saturated carbocycles. The number of nitro benzene ring substituents is 1. The molecule has 2 saturated heterocycles. The molecule has 2 aromatic heterocycles. The Hall–Kier alpha value is -5.79. The molecule has 1 amide bonds. The lowest BCUT2D eigenvalue weighted by Gasteiger charge is -2.39. The molecule has 19 heteroatoms. The highest BCUT2D eigenvalue weighted by molar-refractivity contribution is 7.90. The number of fused-ring (bicyclic) bond motifs is 2. The molecule has 1 aliphatic carbocycles. The van der Waals surface area contributed by atoms with Crippen LogP contribution in [0, 0.1) is 15.5 Å². The zero-order valence-electron chi connectivity index (χ0n) is 38.3. The maximum atomic E-state index is 15.4. The van der Waals surface area contributed by atoms with E-state index in [4.69, 9.17) is 21.1 Å². The van der Waals surface area contributed by atoms with E-state index in [2.05, 4.69) is 55.8 Å². The number of aromatic amines is 1. The molecule has 3 aromatic carbocycles. The average molecular weight is 972 g/mol. The zero-order chi connectivity index (χ0) is 48.0. The fraction of sp³-hybridized carbons (Fsp3) is 0.429. The van der Waals surface area contributed by atoms with Crippen LogP contribution in [0.3, 0.4) is 0 Å². The number of nitro groups is 1. The van der Waals surface area contributed by atoms with Crippen LogP contribution in [0.15, 0.2) is 89.5 Å². The fourth-order valence-electron chi connectivity index (χ4n) is 9.58. The van der Waals surface area contributed by atoms with E-state index in [0.717, 1.165) is 62.1 Å². The number of carbonyl (C=O) groups excluding carboxylic acids is 1. The van der Waals surface area contributed by atoms with Crippen LogP contribution in [0.25, 0.3) is 16.6 Å². The van der Waals surface area contributed by atoms with Crippen LogP contribution >= 0.6 is 11.6 Å². The van der Waals surface area contributed by atoms with Gasteiger partial charge in [0.1, 0.15) is 34.9 Å². The highest BCUT2D eigenvalue weighted by Crippen LogP contribution is 2.45. The number of benzene rings is 3. The van der Waals surface area contributed by atoms with Crippen LogP contribution in [0.4, 0.5) is 32.8 Å². The van der Waals surface area contributed by atoms with Gasteiger partial charge in [-0.3, -0.25) is 19.8 Å². The minimum absolute atomic E-state index is 0.0480. The van der Waals surface area contributed by atoms with Crippen LogP contribution in [0.2, 0.25) is 5.02 Å². The fourth-order valence-corrected chi connectivity index (χ4v) is 10.7. The van der Waals surface area contributed by atoms with Gasteiger partial charge in [0.25, 0.3) is 21.6 Å². The Bertz CT molecular complexity index is 2880. The first-order chi connectivity index (χ1) is 32.3. The molecular formula is C49H56ClFN8O8S. The van der Waals surface area contributed by atoms with Gasteiger partial charge < -0.3 is 34.7 Å². The number of carbonyl (C=O) groups is 1. The number of sulfonamides is 1. The van der Waals surface area contributed by atoms with E-state index in [1.165, 1.54) is 22.8 Å². The number of aromatic nitrogens is 2. The lowest BCUT2D eigenvalue weighted by atomic mass is 9.72. The standard InChI is InChI=1S/C49H56ClFN8O8S/c1-47(2)14-12-34(39(27-47)32-4-6-35(50)7-5-32)28-56-18-20-57(21-19-56)36-8-10-38(41(25-36)58-30-48(3,61)31-67-46-43(58)24-33-13-17-52-44(33)54-46)45(60)55-68(64,65)37-9-11-40(42(26-37)59(62)63)53-29-49(51)15-22-66-23-16-49/h4-11,13,17,24-26,53,61H,12,14-16,18-23,27-31H2,1-3H3,(H,52,54)(H,55,60). The number of amides is 1. The Labute approximate surface area is 399 Å². The van der Waals surface area contributed by atoms with Crippen LogP contribution in [0.5, 0.6) is 5.88 Å². The maximum Gasteiger partial charge on any atom is 0.293 e. The molecule has 1 unspecified atom stereocenters. The molecule has 360 valence electrons. The number of allylic oxidation sites excluding steroid dienone is 1. The van der Waals surface area contributed by atoms with Crippen LogP contribution in [-0.4, -0.2) is 116 Å². The van der Waals surface area contributed by atoms with Crippen molar-refractivity contribution in [2.75, 3.05) is 80.8 Å². The van der Waals surface area contributed by atoms with Crippen LogP contribution < -0.4 is 24.6 Å². The number of aliphatic hydroxyl groups is 1. The summed E-state index contributed by atoms with van der Waals surface area (Å²) in [6.45, 7) is 9.99. The summed E-state index contributed by atoms with van der Waals surface area (Å²) in [6, 6.07) is 20.1. The lowest BCUT2D eigenvalue weighted by molar-refractivity contribution is -0.384.